The number of hydrogen-bond donors (Lipinski definition) is 3. The molecule has 0 spiro atoms. The highest BCUT2D eigenvalue weighted by Crippen LogP contribution is 2.23. The number of carbonyl (C=O) groups is 1. The smallest absolute Gasteiger partial charge is 0.242 e. The maximum absolute atomic E-state index is 11.9. The summed E-state index contributed by atoms with van der Waals surface area (Å²) >= 11 is 5.88. The van der Waals surface area contributed by atoms with Gasteiger partial charge in [-0.2, -0.15) is 4.98 Å². The van der Waals surface area contributed by atoms with E-state index in [2.05, 4.69) is 25.6 Å². The van der Waals surface area contributed by atoms with Crippen molar-refractivity contribution in [3.8, 4) is 0 Å². The van der Waals surface area contributed by atoms with E-state index in [0.717, 1.165) is 18.2 Å². The number of nitrogens with one attached hydrogen (secondary N) is 3. The Morgan fingerprint density at radius 1 is 1.42 bits per heavy atom. The van der Waals surface area contributed by atoms with Crippen LogP contribution in [0.3, 0.4) is 0 Å². The van der Waals surface area contributed by atoms with Crippen molar-refractivity contribution < 1.29 is 4.79 Å². The first-order valence-corrected chi connectivity index (χ1v) is 6.59. The lowest BCUT2D eigenvalue weighted by atomic mass is 10.0. The molecule has 0 bridgehead atoms. The van der Waals surface area contributed by atoms with E-state index < -0.39 is 0 Å². The molecule has 0 aromatic carbocycles. The molecule has 0 radical (unpaired) electrons. The number of hydrogen-bond acceptors (Lipinski definition) is 4. The molecule has 2 aromatic rings. The minimum absolute atomic E-state index is 0.00262. The number of aromatic amines is 1. The molecule has 3 heterocycles. The molecule has 1 aliphatic rings. The van der Waals surface area contributed by atoms with Crippen LogP contribution in [-0.4, -0.2) is 32.9 Å². The Morgan fingerprint density at radius 3 is 3.05 bits per heavy atom. The van der Waals surface area contributed by atoms with Crippen LogP contribution in [-0.2, 0) is 4.79 Å². The minimum atomic E-state index is -0.278. The number of amides is 1. The molecule has 19 heavy (non-hydrogen) atoms. The third kappa shape index (κ3) is 2.35. The summed E-state index contributed by atoms with van der Waals surface area (Å²) < 4.78 is 0. The van der Waals surface area contributed by atoms with Crippen molar-refractivity contribution in [3.63, 3.8) is 0 Å². The number of piperidine rings is 1. The van der Waals surface area contributed by atoms with Crippen LogP contribution in [0.5, 0.6) is 0 Å². The summed E-state index contributed by atoms with van der Waals surface area (Å²) in [6.07, 6.45) is 3.49. The molecule has 1 aliphatic heterocycles. The van der Waals surface area contributed by atoms with Gasteiger partial charge in [-0.1, -0.05) is 0 Å². The van der Waals surface area contributed by atoms with Crippen LogP contribution in [0, 0.1) is 0 Å². The Hall–Kier alpha value is -1.82. The predicted molar refractivity (Wildman–Crippen MR) is 73.1 cm³/mol. The SMILES string of the molecule is C[C@H]1CC[C@@H](Nc2nc(Cl)nc3[nH]ccc23)C(=O)N1. The van der Waals surface area contributed by atoms with Crippen molar-refractivity contribution in [2.24, 2.45) is 0 Å². The van der Waals surface area contributed by atoms with Gasteiger partial charge in [0.15, 0.2) is 0 Å². The zero-order valence-electron chi connectivity index (χ0n) is 10.4. The first kappa shape index (κ1) is 12.2. The number of halogens is 1. The zero-order valence-corrected chi connectivity index (χ0v) is 11.2. The maximum Gasteiger partial charge on any atom is 0.242 e. The van der Waals surface area contributed by atoms with Crippen molar-refractivity contribution in [1.82, 2.24) is 20.3 Å². The standard InChI is InChI=1S/C12H14ClN5O/c1-6-2-3-8(11(19)15-6)16-10-7-4-5-14-9(7)17-12(13)18-10/h4-6,8H,2-3H2,1H3,(H,15,19)(H2,14,16,17,18)/t6-,8+/m0/s1. The highest BCUT2D eigenvalue weighted by Gasteiger charge is 2.26. The maximum atomic E-state index is 11.9. The lowest BCUT2D eigenvalue weighted by Crippen LogP contribution is -2.48. The number of H-pyrrole nitrogens is 1. The number of fused-ring (bicyclic) bond motifs is 1. The van der Waals surface area contributed by atoms with Crippen molar-refractivity contribution in [2.45, 2.75) is 31.8 Å². The Morgan fingerprint density at radius 2 is 2.26 bits per heavy atom. The second kappa shape index (κ2) is 4.70. The third-order valence-corrected chi connectivity index (χ3v) is 3.46. The molecular weight excluding hydrogens is 266 g/mol. The Kier molecular flexibility index (Phi) is 3.02. The molecule has 100 valence electrons. The van der Waals surface area contributed by atoms with Gasteiger partial charge in [0.2, 0.25) is 11.2 Å². The van der Waals surface area contributed by atoms with Crippen LogP contribution in [0.25, 0.3) is 11.0 Å². The number of rotatable bonds is 2. The van der Waals surface area contributed by atoms with E-state index in [1.54, 1.807) is 6.20 Å². The van der Waals surface area contributed by atoms with Gasteiger partial charge in [-0.3, -0.25) is 4.79 Å². The summed E-state index contributed by atoms with van der Waals surface area (Å²) in [6, 6.07) is 1.81. The average molecular weight is 280 g/mol. The van der Waals surface area contributed by atoms with E-state index in [0.29, 0.717) is 11.5 Å². The minimum Gasteiger partial charge on any atom is -0.358 e. The summed E-state index contributed by atoms with van der Waals surface area (Å²) in [7, 11) is 0. The molecular formula is C12H14ClN5O. The lowest BCUT2D eigenvalue weighted by molar-refractivity contribution is -0.123. The molecule has 1 fully saturated rings. The topological polar surface area (TPSA) is 82.7 Å². The van der Waals surface area contributed by atoms with E-state index in [4.69, 9.17) is 11.6 Å². The fourth-order valence-corrected chi connectivity index (χ4v) is 2.46. The van der Waals surface area contributed by atoms with Gasteiger partial charge in [0.1, 0.15) is 17.5 Å². The Balaban J connectivity index is 1.89. The van der Waals surface area contributed by atoms with Crippen LogP contribution in [0.4, 0.5) is 5.82 Å². The van der Waals surface area contributed by atoms with E-state index in [9.17, 15) is 4.79 Å². The number of anilines is 1. The van der Waals surface area contributed by atoms with Gasteiger partial charge >= 0.3 is 0 Å². The first-order valence-electron chi connectivity index (χ1n) is 6.21. The lowest BCUT2D eigenvalue weighted by Gasteiger charge is -2.27. The van der Waals surface area contributed by atoms with Gasteiger partial charge in [-0.15, -0.1) is 0 Å². The summed E-state index contributed by atoms with van der Waals surface area (Å²) in [6.45, 7) is 2.00. The molecule has 6 nitrogen and oxygen atoms in total. The largest absolute Gasteiger partial charge is 0.358 e. The molecule has 3 N–H and O–H groups in total. The Bertz CT molecular complexity index is 626. The van der Waals surface area contributed by atoms with Crippen LogP contribution < -0.4 is 10.6 Å². The molecule has 7 heteroatoms. The quantitative estimate of drug-likeness (QED) is 0.731. The van der Waals surface area contributed by atoms with Crippen molar-refractivity contribution in [3.05, 3.63) is 17.5 Å². The monoisotopic (exact) mass is 279 g/mol. The Labute approximate surface area is 115 Å². The summed E-state index contributed by atoms with van der Waals surface area (Å²) in [5.74, 6) is 0.586. The fourth-order valence-electron chi connectivity index (χ4n) is 2.29. The summed E-state index contributed by atoms with van der Waals surface area (Å²) in [4.78, 5) is 23.1. The summed E-state index contributed by atoms with van der Waals surface area (Å²) in [5.41, 5.74) is 0.659. The molecule has 2 aromatic heterocycles. The highest BCUT2D eigenvalue weighted by molar-refractivity contribution is 6.28. The zero-order chi connectivity index (χ0) is 13.4. The van der Waals surface area contributed by atoms with Gasteiger partial charge in [0.05, 0.1) is 5.39 Å². The normalized spacial score (nSPS) is 23.4. The van der Waals surface area contributed by atoms with Crippen LogP contribution in [0.2, 0.25) is 5.28 Å². The molecule has 1 saturated heterocycles. The number of carbonyl (C=O) groups excluding carboxylic acids is 1. The van der Waals surface area contributed by atoms with Crippen LogP contribution >= 0.6 is 11.6 Å². The molecule has 0 saturated carbocycles. The van der Waals surface area contributed by atoms with Gasteiger partial charge < -0.3 is 15.6 Å². The highest BCUT2D eigenvalue weighted by atomic mass is 35.5. The van der Waals surface area contributed by atoms with E-state index in [1.807, 2.05) is 13.0 Å². The van der Waals surface area contributed by atoms with Crippen LogP contribution in [0.1, 0.15) is 19.8 Å². The summed E-state index contributed by atoms with van der Waals surface area (Å²) in [5, 5.41) is 7.06. The number of nitrogens with zero attached hydrogens (tertiary/aromatic N) is 2. The van der Waals surface area contributed by atoms with Crippen molar-refractivity contribution >= 4 is 34.4 Å². The number of aromatic nitrogens is 3. The second-order valence-electron chi connectivity index (χ2n) is 4.77. The first-order chi connectivity index (χ1) is 9.13. The molecule has 3 rings (SSSR count). The second-order valence-corrected chi connectivity index (χ2v) is 5.10. The molecule has 1 amide bonds. The molecule has 2 atom stereocenters. The van der Waals surface area contributed by atoms with E-state index in [-0.39, 0.29) is 23.3 Å². The van der Waals surface area contributed by atoms with Crippen molar-refractivity contribution in [1.29, 1.82) is 0 Å². The molecule has 0 aliphatic carbocycles. The third-order valence-electron chi connectivity index (χ3n) is 3.29. The molecule has 0 unspecified atom stereocenters. The fraction of sp³-hybridized carbons (Fsp3) is 0.417. The predicted octanol–water partition coefficient (Wildman–Crippen LogP) is 1.69. The average Bonchev–Trinajstić information content (AvgIpc) is 2.80. The van der Waals surface area contributed by atoms with Crippen molar-refractivity contribution in [2.75, 3.05) is 5.32 Å². The van der Waals surface area contributed by atoms with Gasteiger partial charge in [-0.05, 0) is 37.4 Å². The van der Waals surface area contributed by atoms with E-state index in [1.165, 1.54) is 0 Å². The van der Waals surface area contributed by atoms with E-state index >= 15 is 0 Å². The van der Waals surface area contributed by atoms with Crippen LogP contribution in [0.15, 0.2) is 12.3 Å². The van der Waals surface area contributed by atoms with Gasteiger partial charge in [0, 0.05) is 12.2 Å². The van der Waals surface area contributed by atoms with Gasteiger partial charge in [-0.25, -0.2) is 4.98 Å². The van der Waals surface area contributed by atoms with Gasteiger partial charge in [0.25, 0.3) is 0 Å².